The van der Waals surface area contributed by atoms with Gasteiger partial charge in [0, 0.05) is 31.4 Å². The maximum atomic E-state index is 13.4. The molecule has 3 aromatic heterocycles. The number of nitrogens with zero attached hydrogens (tertiary/aromatic N) is 5. The molecule has 11 nitrogen and oxygen atoms in total. The predicted molar refractivity (Wildman–Crippen MR) is 151 cm³/mol. The molecule has 2 N–H and O–H groups in total. The molecule has 1 fully saturated rings. The number of pyridine rings is 1. The first-order chi connectivity index (χ1) is 18.3. The van der Waals surface area contributed by atoms with Gasteiger partial charge in [-0.1, -0.05) is 19.8 Å². The third-order valence-corrected chi connectivity index (χ3v) is 6.77. The zero-order chi connectivity index (χ0) is 28.5. The van der Waals surface area contributed by atoms with E-state index in [1.165, 1.54) is 15.6 Å². The molecule has 4 rings (SSSR count). The van der Waals surface area contributed by atoms with Crippen LogP contribution in [0.3, 0.4) is 0 Å². The number of hydrogen-bond acceptors (Lipinski definition) is 7. The molecule has 39 heavy (non-hydrogen) atoms. The molecule has 2 atom stereocenters. The van der Waals surface area contributed by atoms with E-state index in [4.69, 9.17) is 4.74 Å². The number of ether oxygens (including phenoxy) is 1. The smallest absolute Gasteiger partial charge is 0.415 e. The maximum absolute atomic E-state index is 13.4. The predicted octanol–water partition coefficient (Wildman–Crippen LogP) is 4.90. The van der Waals surface area contributed by atoms with E-state index in [-0.39, 0.29) is 40.6 Å². The molecule has 0 bridgehead atoms. The summed E-state index contributed by atoms with van der Waals surface area (Å²) in [6, 6.07) is 5.09. The molecule has 210 valence electrons. The van der Waals surface area contributed by atoms with Crippen LogP contribution in [0.1, 0.15) is 83.6 Å². The number of hydrogen-bond donors (Lipinski definition) is 2. The van der Waals surface area contributed by atoms with Crippen LogP contribution < -0.4 is 21.1 Å². The van der Waals surface area contributed by atoms with Crippen molar-refractivity contribution in [1.29, 1.82) is 0 Å². The highest BCUT2D eigenvalue weighted by atomic mass is 16.6. The van der Waals surface area contributed by atoms with Crippen molar-refractivity contribution >= 4 is 35.0 Å². The topological polar surface area (TPSA) is 123 Å². The van der Waals surface area contributed by atoms with Crippen LogP contribution >= 0.6 is 0 Å². The number of aromatic nitrogens is 4. The highest BCUT2D eigenvalue weighted by Gasteiger charge is 2.27. The lowest BCUT2D eigenvalue weighted by Gasteiger charge is -2.27. The summed E-state index contributed by atoms with van der Waals surface area (Å²) in [4.78, 5) is 45.3. The van der Waals surface area contributed by atoms with Gasteiger partial charge in [0.15, 0.2) is 5.65 Å². The van der Waals surface area contributed by atoms with E-state index in [2.05, 4.69) is 27.6 Å². The Hall–Kier alpha value is -3.89. The maximum Gasteiger partial charge on any atom is 0.415 e. The third-order valence-electron chi connectivity index (χ3n) is 6.77. The van der Waals surface area contributed by atoms with Gasteiger partial charge in [-0.2, -0.15) is 9.61 Å². The van der Waals surface area contributed by atoms with Crippen molar-refractivity contribution in [3.63, 3.8) is 0 Å². The Bertz CT molecular complexity index is 1420. The summed E-state index contributed by atoms with van der Waals surface area (Å²) in [5, 5.41) is 10.6. The van der Waals surface area contributed by atoms with Gasteiger partial charge in [0.2, 0.25) is 0 Å². The molecule has 0 aliphatic heterocycles. The third kappa shape index (κ3) is 6.40. The van der Waals surface area contributed by atoms with Crippen LogP contribution in [-0.2, 0) is 4.74 Å². The van der Waals surface area contributed by atoms with E-state index in [0.717, 1.165) is 25.7 Å². The highest BCUT2D eigenvalue weighted by molar-refractivity contribution is 6.00. The van der Waals surface area contributed by atoms with Crippen molar-refractivity contribution in [2.75, 3.05) is 17.3 Å². The van der Waals surface area contributed by atoms with Crippen LogP contribution in [0, 0.1) is 5.92 Å². The molecule has 2 unspecified atom stereocenters. The van der Waals surface area contributed by atoms with Crippen molar-refractivity contribution in [3.05, 3.63) is 46.5 Å². The zero-order valence-corrected chi connectivity index (χ0v) is 23.8. The molecule has 11 heteroatoms. The molecule has 3 aromatic rings. The first-order valence-corrected chi connectivity index (χ1v) is 13.5. The summed E-state index contributed by atoms with van der Waals surface area (Å²) >= 11 is 0. The minimum absolute atomic E-state index is 0.0313. The van der Waals surface area contributed by atoms with Gasteiger partial charge in [-0.25, -0.2) is 9.78 Å². The van der Waals surface area contributed by atoms with E-state index in [1.807, 2.05) is 13.8 Å². The SMILES string of the molecule is CC1CCCC(NC(=O)c2cnn3c(N(C)C(=O)OC(C)(C)C)cc(Nc4cccn(C(C)C)c4=O)nc23)C1. The summed E-state index contributed by atoms with van der Waals surface area (Å²) in [5.41, 5.74) is -0.0726. The fourth-order valence-corrected chi connectivity index (χ4v) is 4.81. The van der Waals surface area contributed by atoms with Gasteiger partial charge >= 0.3 is 6.09 Å². The lowest BCUT2D eigenvalue weighted by Crippen LogP contribution is -2.38. The molecule has 0 aromatic carbocycles. The van der Waals surface area contributed by atoms with Crippen LogP contribution in [-0.4, -0.2) is 49.9 Å². The number of carbonyl (C=O) groups excluding carboxylic acids is 2. The summed E-state index contributed by atoms with van der Waals surface area (Å²) in [5.74, 6) is 0.882. The Morgan fingerprint density at radius 2 is 1.97 bits per heavy atom. The lowest BCUT2D eigenvalue weighted by molar-refractivity contribution is 0.0587. The molecule has 1 aliphatic rings. The standard InChI is InChI=1S/C28H39N7O4/c1-17(2)34-13-9-12-21(26(34)37)31-22-15-23(33(7)27(38)39-28(4,5)6)35-24(32-22)20(16-29-35)25(36)30-19-11-8-10-18(3)14-19/h9,12-13,15-19H,8,10-11,14H2,1-7H3,(H,30,36)(H,31,32). The molecular weight excluding hydrogens is 498 g/mol. The van der Waals surface area contributed by atoms with Crippen molar-refractivity contribution in [2.24, 2.45) is 5.92 Å². The molecule has 1 saturated carbocycles. The van der Waals surface area contributed by atoms with Crippen LogP contribution in [0.5, 0.6) is 0 Å². The van der Waals surface area contributed by atoms with Gasteiger partial charge in [0.05, 0.1) is 6.20 Å². The van der Waals surface area contributed by atoms with E-state index in [0.29, 0.717) is 17.4 Å². The van der Waals surface area contributed by atoms with E-state index >= 15 is 0 Å². The number of fused-ring (bicyclic) bond motifs is 1. The number of nitrogens with one attached hydrogen (secondary N) is 2. The van der Waals surface area contributed by atoms with E-state index < -0.39 is 11.7 Å². The fraction of sp³-hybridized carbons (Fsp3) is 0.536. The summed E-state index contributed by atoms with van der Waals surface area (Å²) in [6.45, 7) is 11.4. The Labute approximate surface area is 228 Å². The van der Waals surface area contributed by atoms with E-state index in [1.54, 1.807) is 56.8 Å². The molecule has 0 spiro atoms. The number of anilines is 3. The van der Waals surface area contributed by atoms with Crippen molar-refractivity contribution in [3.8, 4) is 0 Å². The first kappa shape index (κ1) is 28.1. The Morgan fingerprint density at radius 3 is 2.64 bits per heavy atom. The fourth-order valence-electron chi connectivity index (χ4n) is 4.81. The van der Waals surface area contributed by atoms with Gasteiger partial charge < -0.3 is 19.9 Å². The zero-order valence-electron chi connectivity index (χ0n) is 23.8. The number of rotatable bonds is 6. The number of amides is 2. The van der Waals surface area contributed by atoms with Crippen molar-refractivity contribution in [1.82, 2.24) is 24.5 Å². The molecule has 3 heterocycles. The Kier molecular flexibility index (Phi) is 7.99. The minimum atomic E-state index is -0.711. The van der Waals surface area contributed by atoms with Crippen molar-refractivity contribution in [2.45, 2.75) is 84.9 Å². The minimum Gasteiger partial charge on any atom is -0.443 e. The van der Waals surface area contributed by atoms with Gasteiger partial charge in [-0.05, 0) is 65.5 Å². The molecule has 1 aliphatic carbocycles. The summed E-state index contributed by atoms with van der Waals surface area (Å²) < 4.78 is 8.60. The van der Waals surface area contributed by atoms with E-state index in [9.17, 15) is 14.4 Å². The van der Waals surface area contributed by atoms with Crippen LogP contribution in [0.25, 0.3) is 5.65 Å². The van der Waals surface area contributed by atoms with Gasteiger partial charge in [0.1, 0.15) is 28.5 Å². The van der Waals surface area contributed by atoms with Crippen LogP contribution in [0.2, 0.25) is 0 Å². The van der Waals surface area contributed by atoms with Gasteiger partial charge in [-0.15, -0.1) is 0 Å². The van der Waals surface area contributed by atoms with Crippen LogP contribution in [0.15, 0.2) is 35.4 Å². The quantitative estimate of drug-likeness (QED) is 0.459. The molecule has 0 radical (unpaired) electrons. The van der Waals surface area contributed by atoms with Gasteiger partial charge in [0.25, 0.3) is 11.5 Å². The number of carbonyl (C=O) groups is 2. The molecule has 2 amide bonds. The Morgan fingerprint density at radius 1 is 1.23 bits per heavy atom. The average Bonchev–Trinajstić information content (AvgIpc) is 3.27. The summed E-state index contributed by atoms with van der Waals surface area (Å²) in [6.07, 6.45) is 6.67. The monoisotopic (exact) mass is 537 g/mol. The molecule has 0 saturated heterocycles. The largest absolute Gasteiger partial charge is 0.443 e. The summed E-state index contributed by atoms with van der Waals surface area (Å²) in [7, 11) is 1.56. The normalized spacial score (nSPS) is 17.7. The Balaban J connectivity index is 1.76. The van der Waals surface area contributed by atoms with Crippen LogP contribution in [0.4, 0.5) is 22.1 Å². The lowest BCUT2D eigenvalue weighted by atomic mass is 9.87. The second-order valence-corrected chi connectivity index (χ2v) is 11.6. The second-order valence-electron chi connectivity index (χ2n) is 11.6. The van der Waals surface area contributed by atoms with Crippen molar-refractivity contribution < 1.29 is 14.3 Å². The molecular formula is C28H39N7O4. The second kappa shape index (κ2) is 11.1. The highest BCUT2D eigenvalue weighted by Crippen LogP contribution is 2.26. The van der Waals surface area contributed by atoms with Gasteiger partial charge in [-0.3, -0.25) is 14.5 Å². The first-order valence-electron chi connectivity index (χ1n) is 13.5. The average molecular weight is 538 g/mol.